The Bertz CT molecular complexity index is 704. The number of aliphatic imine (C=N–C) groups is 1. The molecule has 0 saturated heterocycles. The van der Waals surface area contributed by atoms with Crippen molar-refractivity contribution in [2.75, 3.05) is 6.54 Å². The summed E-state index contributed by atoms with van der Waals surface area (Å²) in [5.41, 5.74) is -0.712. The van der Waals surface area contributed by atoms with Crippen molar-refractivity contribution < 1.29 is 5.11 Å². The highest BCUT2D eigenvalue weighted by molar-refractivity contribution is 7.09. The predicted octanol–water partition coefficient (Wildman–Crippen LogP) is 2.75. The lowest BCUT2D eigenvalue weighted by atomic mass is 9.93. The summed E-state index contributed by atoms with van der Waals surface area (Å²) in [4.78, 5) is 5.89. The Morgan fingerprint density at radius 3 is 2.56 bits per heavy atom. The Kier molecular flexibility index (Phi) is 8.24. The Morgan fingerprint density at radius 1 is 1.26 bits per heavy atom. The summed E-state index contributed by atoms with van der Waals surface area (Å²) in [5.74, 6) is 2.35. The van der Waals surface area contributed by atoms with Gasteiger partial charge in [-0.3, -0.25) is 0 Å². The number of aryl methyl sites for hydroxylation is 1. The van der Waals surface area contributed by atoms with Gasteiger partial charge in [-0.15, -0.1) is 21.5 Å². The van der Waals surface area contributed by atoms with Crippen LogP contribution in [0.2, 0.25) is 0 Å². The van der Waals surface area contributed by atoms with Crippen LogP contribution in [0.25, 0.3) is 0 Å². The van der Waals surface area contributed by atoms with E-state index in [9.17, 15) is 5.11 Å². The zero-order valence-corrected chi connectivity index (χ0v) is 17.6. The van der Waals surface area contributed by atoms with E-state index in [-0.39, 0.29) is 0 Å². The molecule has 0 aliphatic rings. The van der Waals surface area contributed by atoms with Crippen molar-refractivity contribution in [3.05, 3.63) is 34.0 Å². The summed E-state index contributed by atoms with van der Waals surface area (Å²) in [5, 5.41) is 27.9. The number of aliphatic hydroxyl groups is 1. The van der Waals surface area contributed by atoms with E-state index in [4.69, 9.17) is 0 Å². The van der Waals surface area contributed by atoms with Crippen LogP contribution in [-0.2, 0) is 20.1 Å². The molecule has 2 aromatic heterocycles. The van der Waals surface area contributed by atoms with E-state index in [1.807, 2.05) is 24.6 Å². The molecule has 0 amide bonds. The molecular formula is C19H32N6OS. The Balaban J connectivity index is 2.05. The van der Waals surface area contributed by atoms with Crippen LogP contribution in [0.15, 0.2) is 22.5 Å². The minimum absolute atomic E-state index is 0.428. The Hall–Kier alpha value is -1.93. The lowest BCUT2D eigenvalue weighted by Gasteiger charge is -2.28. The lowest BCUT2D eigenvalue weighted by molar-refractivity contribution is 0.0257. The number of hydrogen-bond donors (Lipinski definition) is 3. The molecule has 0 unspecified atom stereocenters. The molecule has 0 saturated carbocycles. The van der Waals surface area contributed by atoms with E-state index in [0.717, 1.165) is 37.3 Å². The highest BCUT2D eigenvalue weighted by Crippen LogP contribution is 2.18. The van der Waals surface area contributed by atoms with Gasteiger partial charge in [0.15, 0.2) is 11.8 Å². The van der Waals surface area contributed by atoms with Gasteiger partial charge in [-0.1, -0.05) is 32.8 Å². The van der Waals surface area contributed by atoms with Crippen molar-refractivity contribution in [2.24, 2.45) is 12.0 Å². The number of thiophene rings is 1. The molecule has 0 aliphatic carbocycles. The van der Waals surface area contributed by atoms with Gasteiger partial charge in [0.1, 0.15) is 12.4 Å². The first-order valence-electron chi connectivity index (χ1n) is 9.59. The van der Waals surface area contributed by atoms with Crippen molar-refractivity contribution >= 4 is 17.3 Å². The average molecular weight is 393 g/mol. The molecule has 2 rings (SSSR count). The number of nitrogens with one attached hydrogen (secondary N) is 2. The van der Waals surface area contributed by atoms with Crippen molar-refractivity contribution in [1.82, 2.24) is 25.4 Å². The smallest absolute Gasteiger partial charge is 0.192 e. The highest BCUT2D eigenvalue weighted by Gasteiger charge is 2.25. The zero-order chi connectivity index (χ0) is 19.7. The Labute approximate surface area is 165 Å². The highest BCUT2D eigenvalue weighted by atomic mass is 32.1. The van der Waals surface area contributed by atoms with Gasteiger partial charge in [0, 0.05) is 18.5 Å². The molecule has 2 heterocycles. The van der Waals surface area contributed by atoms with Gasteiger partial charge < -0.3 is 20.3 Å². The summed E-state index contributed by atoms with van der Waals surface area (Å²) in [7, 11) is 1.94. The largest absolute Gasteiger partial charge is 0.388 e. The van der Waals surface area contributed by atoms with Gasteiger partial charge in [0.2, 0.25) is 0 Å². The molecule has 3 N–H and O–H groups in total. The van der Waals surface area contributed by atoms with Gasteiger partial charge in [-0.25, -0.2) is 4.99 Å². The van der Waals surface area contributed by atoms with Crippen LogP contribution in [0.1, 0.15) is 56.1 Å². The summed E-state index contributed by atoms with van der Waals surface area (Å²) in [6, 6.07) is 4.13. The fraction of sp³-hybridized carbons (Fsp3) is 0.632. The van der Waals surface area contributed by atoms with Crippen LogP contribution in [0.4, 0.5) is 0 Å². The van der Waals surface area contributed by atoms with Gasteiger partial charge in [-0.05, 0) is 31.2 Å². The molecule has 2 aromatic rings. The zero-order valence-electron chi connectivity index (χ0n) is 16.8. The van der Waals surface area contributed by atoms with Crippen LogP contribution in [0.5, 0.6) is 0 Å². The van der Waals surface area contributed by atoms with Crippen LogP contribution in [0.3, 0.4) is 0 Å². The van der Waals surface area contributed by atoms with Gasteiger partial charge in [0.25, 0.3) is 0 Å². The van der Waals surface area contributed by atoms with Gasteiger partial charge in [-0.2, -0.15) is 0 Å². The molecule has 7 nitrogen and oxygen atoms in total. The summed E-state index contributed by atoms with van der Waals surface area (Å²) in [6.07, 6.45) is 3.44. The van der Waals surface area contributed by atoms with E-state index >= 15 is 0 Å². The third-order valence-corrected chi connectivity index (χ3v) is 5.46. The molecule has 0 spiro atoms. The maximum absolute atomic E-state index is 10.9. The van der Waals surface area contributed by atoms with Crippen LogP contribution < -0.4 is 10.6 Å². The van der Waals surface area contributed by atoms with Gasteiger partial charge in [0.05, 0.1) is 12.1 Å². The van der Waals surface area contributed by atoms with Crippen molar-refractivity contribution in [3.8, 4) is 0 Å². The molecular weight excluding hydrogens is 360 g/mol. The molecule has 0 radical (unpaired) electrons. The second-order valence-corrected chi connectivity index (χ2v) is 7.93. The molecule has 0 aromatic carbocycles. The van der Waals surface area contributed by atoms with Crippen molar-refractivity contribution in [3.63, 3.8) is 0 Å². The van der Waals surface area contributed by atoms with E-state index < -0.39 is 5.60 Å². The van der Waals surface area contributed by atoms with E-state index in [1.165, 1.54) is 4.88 Å². The first-order chi connectivity index (χ1) is 13.0. The van der Waals surface area contributed by atoms with Crippen molar-refractivity contribution in [2.45, 2.75) is 65.1 Å². The second kappa shape index (κ2) is 10.4. The monoisotopic (exact) mass is 392 g/mol. The predicted molar refractivity (Wildman–Crippen MR) is 111 cm³/mol. The minimum atomic E-state index is -0.712. The van der Waals surface area contributed by atoms with Crippen LogP contribution >= 0.6 is 11.3 Å². The average Bonchev–Trinajstić information content (AvgIpc) is 3.26. The first kappa shape index (κ1) is 21.4. The summed E-state index contributed by atoms with van der Waals surface area (Å²) >= 11 is 1.70. The topological polar surface area (TPSA) is 87.4 Å². The van der Waals surface area contributed by atoms with Crippen LogP contribution in [-0.4, -0.2) is 38.0 Å². The lowest BCUT2D eigenvalue weighted by Crippen LogP contribution is -2.47. The maximum Gasteiger partial charge on any atom is 0.192 e. The summed E-state index contributed by atoms with van der Waals surface area (Å²) < 4.78 is 1.94. The van der Waals surface area contributed by atoms with E-state index in [2.05, 4.69) is 51.1 Å². The maximum atomic E-state index is 10.9. The third kappa shape index (κ3) is 6.62. The molecule has 27 heavy (non-hydrogen) atoms. The van der Waals surface area contributed by atoms with Crippen LogP contribution in [0, 0.1) is 6.92 Å². The minimum Gasteiger partial charge on any atom is -0.388 e. The number of guanidine groups is 1. The Morgan fingerprint density at radius 2 is 2.00 bits per heavy atom. The van der Waals surface area contributed by atoms with Gasteiger partial charge >= 0.3 is 0 Å². The second-order valence-electron chi connectivity index (χ2n) is 6.90. The molecule has 0 aliphatic heterocycles. The summed E-state index contributed by atoms with van der Waals surface area (Å²) in [6.45, 7) is 7.72. The normalized spacial score (nSPS) is 12.4. The fourth-order valence-corrected chi connectivity index (χ4v) is 3.62. The SMILES string of the molecule is CCCC(O)(CCC)CNC(=NCc1nnc(C)n1C)NCc1cccs1. The number of nitrogens with zero attached hydrogens (tertiary/aromatic N) is 4. The molecule has 0 fully saturated rings. The standard InChI is InChI=1S/C19H32N6OS/c1-5-9-19(26,10-6-2)14-22-18(20-12-16-8-7-11-27-16)21-13-17-24-23-15(3)25(17)4/h7-8,11,26H,5-6,9-10,12-14H2,1-4H3,(H2,20,21,22). The quantitative estimate of drug-likeness (QED) is 0.427. The number of hydrogen-bond acceptors (Lipinski definition) is 5. The first-order valence-corrected chi connectivity index (χ1v) is 10.5. The molecule has 150 valence electrons. The number of aromatic nitrogens is 3. The fourth-order valence-electron chi connectivity index (χ4n) is 2.98. The van der Waals surface area contributed by atoms with Crippen molar-refractivity contribution in [1.29, 1.82) is 0 Å². The van der Waals surface area contributed by atoms with E-state index in [1.54, 1.807) is 11.3 Å². The molecule has 0 atom stereocenters. The van der Waals surface area contributed by atoms with E-state index in [0.29, 0.717) is 25.6 Å². The number of rotatable bonds is 10. The molecule has 8 heteroatoms. The molecule has 0 bridgehead atoms. The third-order valence-electron chi connectivity index (χ3n) is 4.59.